The van der Waals surface area contributed by atoms with E-state index in [-0.39, 0.29) is 24.7 Å². The van der Waals surface area contributed by atoms with Gasteiger partial charge >= 0.3 is 12.0 Å². The van der Waals surface area contributed by atoms with E-state index in [0.717, 1.165) is 6.42 Å². The molecule has 6 nitrogen and oxygen atoms in total. The van der Waals surface area contributed by atoms with Gasteiger partial charge in [0.25, 0.3) is 0 Å². The van der Waals surface area contributed by atoms with Crippen molar-refractivity contribution in [2.45, 2.75) is 13.3 Å². The normalized spacial score (nSPS) is 10.6. The summed E-state index contributed by atoms with van der Waals surface area (Å²) in [6.45, 7) is 2.37. The van der Waals surface area contributed by atoms with Gasteiger partial charge in [-0.25, -0.2) is 9.59 Å². The number of nitrogens with zero attached hydrogens (tertiary/aromatic N) is 1. The van der Waals surface area contributed by atoms with Gasteiger partial charge in [0.05, 0.1) is 18.7 Å². The maximum absolute atomic E-state index is 12.1. The number of carboxylic acids is 1. The third-order valence-electron chi connectivity index (χ3n) is 2.82. The summed E-state index contributed by atoms with van der Waals surface area (Å²) in [5.41, 5.74) is 0.689. The maximum Gasteiger partial charge on any atom is 0.335 e. The van der Waals surface area contributed by atoms with Crippen LogP contribution in [-0.2, 0) is 0 Å². The molecule has 0 aliphatic rings. The van der Waals surface area contributed by atoms with Gasteiger partial charge in [-0.05, 0) is 37.6 Å². The first-order valence-electron chi connectivity index (χ1n) is 6.71. The van der Waals surface area contributed by atoms with Gasteiger partial charge in [-0.1, -0.05) is 12.2 Å². The van der Waals surface area contributed by atoms with Crippen molar-refractivity contribution in [1.82, 2.24) is 5.32 Å². The number of anilines is 1. The second-order valence-electron chi connectivity index (χ2n) is 4.32. The zero-order chi connectivity index (χ0) is 15.7. The number of carbonyl (C=O) groups is 2. The van der Waals surface area contributed by atoms with E-state index in [0.29, 0.717) is 12.2 Å². The lowest BCUT2D eigenvalue weighted by atomic mass is 10.2. The molecule has 21 heavy (non-hydrogen) atoms. The fourth-order valence-electron chi connectivity index (χ4n) is 1.76. The Morgan fingerprint density at radius 2 is 1.95 bits per heavy atom. The fourth-order valence-corrected chi connectivity index (χ4v) is 1.76. The van der Waals surface area contributed by atoms with Gasteiger partial charge in [0, 0.05) is 12.2 Å². The summed E-state index contributed by atoms with van der Waals surface area (Å²) in [5, 5.41) is 20.7. The molecule has 0 heterocycles. The number of allylic oxidation sites excluding steroid dienone is 1. The molecule has 0 unspecified atom stereocenters. The highest BCUT2D eigenvalue weighted by Crippen LogP contribution is 2.15. The van der Waals surface area contributed by atoms with Crippen LogP contribution < -0.4 is 10.2 Å². The molecule has 1 aromatic carbocycles. The SMILES string of the molecule is C/C=C/CCNC(=O)N(CCO)c1ccc(C(=O)O)cc1. The summed E-state index contributed by atoms with van der Waals surface area (Å²) in [6.07, 6.45) is 4.58. The molecule has 0 saturated carbocycles. The Morgan fingerprint density at radius 1 is 1.29 bits per heavy atom. The first-order valence-corrected chi connectivity index (χ1v) is 6.71. The van der Waals surface area contributed by atoms with Gasteiger partial charge in [0.15, 0.2) is 0 Å². The highest BCUT2D eigenvalue weighted by atomic mass is 16.4. The van der Waals surface area contributed by atoms with Gasteiger partial charge in [-0.15, -0.1) is 0 Å². The third-order valence-corrected chi connectivity index (χ3v) is 2.82. The largest absolute Gasteiger partial charge is 0.478 e. The first-order chi connectivity index (χ1) is 10.1. The molecule has 0 aliphatic heterocycles. The van der Waals surface area contributed by atoms with Crippen LogP contribution in [0.1, 0.15) is 23.7 Å². The molecule has 0 spiro atoms. The smallest absolute Gasteiger partial charge is 0.335 e. The van der Waals surface area contributed by atoms with Crippen LogP contribution in [0.4, 0.5) is 10.5 Å². The first kappa shape index (κ1) is 16.7. The standard InChI is InChI=1S/C15H20N2O4/c1-2-3-4-9-16-15(21)17(10-11-18)13-7-5-12(6-8-13)14(19)20/h2-3,5-8,18H,4,9-11H2,1H3,(H,16,21)(H,19,20)/b3-2+. The van der Waals surface area contributed by atoms with Crippen molar-refractivity contribution in [3.63, 3.8) is 0 Å². The molecule has 1 rings (SSSR count). The van der Waals surface area contributed by atoms with Gasteiger partial charge in [-0.2, -0.15) is 0 Å². The Labute approximate surface area is 123 Å². The number of urea groups is 1. The van der Waals surface area contributed by atoms with E-state index in [4.69, 9.17) is 10.2 Å². The second-order valence-corrected chi connectivity index (χ2v) is 4.32. The van der Waals surface area contributed by atoms with Crippen LogP contribution in [0, 0.1) is 0 Å². The lowest BCUT2D eigenvalue weighted by Gasteiger charge is -2.22. The van der Waals surface area contributed by atoms with Gasteiger partial charge in [0.2, 0.25) is 0 Å². The number of amides is 2. The monoisotopic (exact) mass is 292 g/mol. The van der Waals surface area contributed by atoms with Crippen LogP contribution in [0.2, 0.25) is 0 Å². The molecule has 0 aromatic heterocycles. The number of rotatable bonds is 7. The molecule has 0 saturated heterocycles. The topological polar surface area (TPSA) is 89.9 Å². The molecule has 114 valence electrons. The number of aliphatic hydroxyl groups excluding tert-OH is 1. The van der Waals surface area contributed by atoms with E-state index < -0.39 is 5.97 Å². The van der Waals surface area contributed by atoms with Crippen LogP contribution in [-0.4, -0.2) is 41.9 Å². The summed E-state index contributed by atoms with van der Waals surface area (Å²) >= 11 is 0. The summed E-state index contributed by atoms with van der Waals surface area (Å²) in [5.74, 6) is -1.02. The molecule has 2 amide bonds. The predicted molar refractivity (Wildman–Crippen MR) is 80.7 cm³/mol. The highest BCUT2D eigenvalue weighted by Gasteiger charge is 2.15. The number of nitrogens with one attached hydrogen (secondary N) is 1. The Balaban J connectivity index is 2.75. The van der Waals surface area contributed by atoms with Crippen molar-refractivity contribution >= 4 is 17.7 Å². The van der Waals surface area contributed by atoms with Crippen molar-refractivity contribution in [2.75, 3.05) is 24.6 Å². The molecule has 0 bridgehead atoms. The van der Waals surface area contributed by atoms with E-state index in [1.807, 2.05) is 19.1 Å². The average Bonchev–Trinajstić information content (AvgIpc) is 2.49. The number of hydrogen-bond donors (Lipinski definition) is 3. The van der Waals surface area contributed by atoms with Crippen LogP contribution in [0.15, 0.2) is 36.4 Å². The van der Waals surface area contributed by atoms with Gasteiger partial charge < -0.3 is 15.5 Å². The van der Waals surface area contributed by atoms with Crippen LogP contribution in [0.25, 0.3) is 0 Å². The molecule has 3 N–H and O–H groups in total. The number of aliphatic hydroxyl groups is 1. The van der Waals surface area contributed by atoms with E-state index >= 15 is 0 Å². The molecule has 0 atom stereocenters. The Morgan fingerprint density at radius 3 is 2.48 bits per heavy atom. The Hall–Kier alpha value is -2.34. The minimum atomic E-state index is -1.02. The van der Waals surface area contributed by atoms with E-state index in [9.17, 15) is 9.59 Å². The van der Waals surface area contributed by atoms with E-state index in [2.05, 4.69) is 5.32 Å². The minimum Gasteiger partial charge on any atom is -0.478 e. The van der Waals surface area contributed by atoms with Crippen molar-refractivity contribution in [3.05, 3.63) is 42.0 Å². The van der Waals surface area contributed by atoms with Crippen molar-refractivity contribution < 1.29 is 19.8 Å². The molecule has 0 fully saturated rings. The maximum atomic E-state index is 12.1. The molecule has 0 radical (unpaired) electrons. The molecular weight excluding hydrogens is 272 g/mol. The zero-order valence-corrected chi connectivity index (χ0v) is 12.0. The average molecular weight is 292 g/mol. The van der Waals surface area contributed by atoms with E-state index in [1.54, 1.807) is 12.1 Å². The number of carbonyl (C=O) groups excluding carboxylic acids is 1. The van der Waals surface area contributed by atoms with Crippen molar-refractivity contribution in [2.24, 2.45) is 0 Å². The summed E-state index contributed by atoms with van der Waals surface area (Å²) in [6, 6.07) is 5.62. The summed E-state index contributed by atoms with van der Waals surface area (Å²) < 4.78 is 0. The van der Waals surface area contributed by atoms with Gasteiger partial charge in [0.1, 0.15) is 0 Å². The summed E-state index contributed by atoms with van der Waals surface area (Å²) in [4.78, 5) is 24.3. The third kappa shape index (κ3) is 5.27. The fraction of sp³-hybridized carbons (Fsp3) is 0.333. The second kappa shape index (κ2) is 8.76. The number of aromatic carboxylic acids is 1. The molecular formula is C15H20N2O4. The lowest BCUT2D eigenvalue weighted by molar-refractivity contribution is 0.0697. The number of hydrogen-bond acceptors (Lipinski definition) is 3. The molecule has 1 aromatic rings. The number of benzene rings is 1. The predicted octanol–water partition coefficient (Wildman–Crippen LogP) is 1.86. The van der Waals surface area contributed by atoms with Crippen LogP contribution >= 0.6 is 0 Å². The van der Waals surface area contributed by atoms with E-state index in [1.165, 1.54) is 17.0 Å². The molecule has 6 heteroatoms. The zero-order valence-electron chi connectivity index (χ0n) is 12.0. The Bertz CT molecular complexity index is 497. The summed E-state index contributed by atoms with van der Waals surface area (Å²) in [7, 11) is 0. The van der Waals surface area contributed by atoms with Crippen LogP contribution in [0.5, 0.6) is 0 Å². The van der Waals surface area contributed by atoms with Crippen molar-refractivity contribution in [1.29, 1.82) is 0 Å². The highest BCUT2D eigenvalue weighted by molar-refractivity contribution is 5.93. The van der Waals surface area contributed by atoms with Crippen LogP contribution in [0.3, 0.4) is 0 Å². The molecule has 0 aliphatic carbocycles. The van der Waals surface area contributed by atoms with Gasteiger partial charge in [-0.3, -0.25) is 4.90 Å². The lowest BCUT2D eigenvalue weighted by Crippen LogP contribution is -2.42. The van der Waals surface area contributed by atoms with Crippen molar-refractivity contribution in [3.8, 4) is 0 Å². The number of carboxylic acid groups (broad SMARTS) is 1. The quantitative estimate of drug-likeness (QED) is 0.528. The Kier molecular flexibility index (Phi) is 6.97. The minimum absolute atomic E-state index is 0.141.